The van der Waals surface area contributed by atoms with Crippen molar-refractivity contribution in [2.75, 3.05) is 10.2 Å². The second kappa shape index (κ2) is 7.21. The summed E-state index contributed by atoms with van der Waals surface area (Å²) in [6.07, 6.45) is 2.15. The van der Waals surface area contributed by atoms with Gasteiger partial charge in [0.1, 0.15) is 5.69 Å². The monoisotopic (exact) mass is 390 g/mol. The van der Waals surface area contributed by atoms with Crippen LogP contribution in [0, 0.1) is 28.5 Å². The van der Waals surface area contributed by atoms with Gasteiger partial charge >= 0.3 is 0 Å². The van der Waals surface area contributed by atoms with Gasteiger partial charge < -0.3 is 10.2 Å². The Bertz CT molecular complexity index is 1020. The highest BCUT2D eigenvalue weighted by molar-refractivity contribution is 5.94. The molecule has 1 heterocycles. The molecule has 0 radical (unpaired) electrons. The summed E-state index contributed by atoms with van der Waals surface area (Å²) in [5, 5.41) is 14.9. The average molecular weight is 390 g/mol. The molecule has 2 aliphatic rings. The third-order valence-electron chi connectivity index (χ3n) is 5.95. The van der Waals surface area contributed by atoms with Crippen molar-refractivity contribution in [2.24, 2.45) is 11.8 Å². The summed E-state index contributed by atoms with van der Waals surface area (Å²) in [4.78, 5) is 29.1. The molecule has 7 nitrogen and oxygen atoms in total. The van der Waals surface area contributed by atoms with Crippen LogP contribution in [0.5, 0.6) is 0 Å². The number of hydrogen-bond acceptors (Lipinski definition) is 4. The molecule has 0 spiro atoms. The van der Waals surface area contributed by atoms with E-state index in [2.05, 4.69) is 17.1 Å². The minimum absolute atomic E-state index is 0.0135. The third kappa shape index (κ3) is 3.31. The van der Waals surface area contributed by atoms with Crippen LogP contribution in [0.4, 0.5) is 22.7 Å². The maximum atomic E-state index is 12.6. The van der Waals surface area contributed by atoms with E-state index < -0.39 is 4.92 Å². The predicted molar refractivity (Wildman–Crippen MR) is 111 cm³/mol. The number of nitro benzene ring substituents is 1. The van der Waals surface area contributed by atoms with Gasteiger partial charge in [0.15, 0.2) is 5.69 Å². The number of anilines is 2. The molecule has 7 heteroatoms. The van der Waals surface area contributed by atoms with E-state index in [0.29, 0.717) is 17.3 Å². The molecule has 0 saturated heterocycles. The fourth-order valence-electron chi connectivity index (χ4n) is 4.55. The highest BCUT2D eigenvalue weighted by atomic mass is 16.6. The van der Waals surface area contributed by atoms with Crippen molar-refractivity contribution in [3.05, 3.63) is 69.6 Å². The van der Waals surface area contributed by atoms with Gasteiger partial charge in [-0.2, -0.15) is 0 Å². The number of hydrogen-bond donors (Lipinski definition) is 1. The first-order chi connectivity index (χ1) is 13.9. The second-order valence-electron chi connectivity index (χ2n) is 7.83. The lowest BCUT2D eigenvalue weighted by atomic mass is 9.79. The molecule has 4 rings (SSSR count). The van der Waals surface area contributed by atoms with Gasteiger partial charge in [-0.15, -0.1) is 0 Å². The maximum absolute atomic E-state index is 12.6. The summed E-state index contributed by atoms with van der Waals surface area (Å²) >= 11 is 0. The largest absolute Gasteiger partial charge is 0.372 e. The minimum atomic E-state index is -0.396. The summed E-state index contributed by atoms with van der Waals surface area (Å²) in [6.45, 7) is 11.0. The van der Waals surface area contributed by atoms with Crippen LogP contribution in [0.1, 0.15) is 38.3 Å². The molecular formula is C22H22N4O3. The number of amides is 1. The predicted octanol–water partition coefficient (Wildman–Crippen LogP) is 5.08. The van der Waals surface area contributed by atoms with Crippen molar-refractivity contribution >= 4 is 28.7 Å². The zero-order valence-electron chi connectivity index (χ0n) is 16.3. The van der Waals surface area contributed by atoms with E-state index in [1.54, 1.807) is 37.3 Å². The summed E-state index contributed by atoms with van der Waals surface area (Å²) in [5.41, 5.74) is 2.56. The summed E-state index contributed by atoms with van der Waals surface area (Å²) in [6, 6.07) is 11.7. The topological polar surface area (TPSA) is 79.8 Å². The molecule has 0 bridgehead atoms. The average Bonchev–Trinajstić information content (AvgIpc) is 3.54. The molecule has 1 saturated carbocycles. The summed E-state index contributed by atoms with van der Waals surface area (Å²) < 4.78 is 0. The van der Waals surface area contributed by atoms with Gasteiger partial charge in [-0.05, 0) is 42.5 Å². The molecule has 0 aromatic heterocycles. The van der Waals surface area contributed by atoms with E-state index in [-0.39, 0.29) is 29.6 Å². The van der Waals surface area contributed by atoms with Crippen LogP contribution in [0.25, 0.3) is 4.85 Å². The first-order valence-corrected chi connectivity index (χ1v) is 9.73. The lowest BCUT2D eigenvalue weighted by Gasteiger charge is -2.46. The van der Waals surface area contributed by atoms with Crippen LogP contribution in [0.3, 0.4) is 0 Å². The van der Waals surface area contributed by atoms with E-state index in [0.717, 1.165) is 24.1 Å². The molecule has 3 atom stereocenters. The number of nitrogens with zero attached hydrogens (tertiary/aromatic N) is 3. The van der Waals surface area contributed by atoms with Gasteiger partial charge in [0.05, 0.1) is 17.5 Å². The van der Waals surface area contributed by atoms with E-state index in [1.807, 2.05) is 11.0 Å². The maximum Gasteiger partial charge on any atom is 0.292 e. The molecule has 148 valence electrons. The van der Waals surface area contributed by atoms with E-state index in [9.17, 15) is 14.9 Å². The SMILES string of the molecule is [C-]#[N+]c1ccc2c(c1)[C@H](Nc1ccccc1[N+](=O)[O-])[C@@H](C)[C@H](C1CC1)N2C(C)=O. The minimum Gasteiger partial charge on any atom is -0.372 e. The lowest BCUT2D eigenvalue weighted by molar-refractivity contribution is -0.384. The molecule has 1 aliphatic heterocycles. The molecular weight excluding hydrogens is 368 g/mol. The van der Waals surface area contributed by atoms with Crippen molar-refractivity contribution in [1.29, 1.82) is 0 Å². The number of rotatable bonds is 4. The van der Waals surface area contributed by atoms with E-state index >= 15 is 0 Å². The van der Waals surface area contributed by atoms with E-state index in [4.69, 9.17) is 6.57 Å². The van der Waals surface area contributed by atoms with Crippen molar-refractivity contribution < 1.29 is 9.72 Å². The number of carbonyl (C=O) groups is 1. The van der Waals surface area contributed by atoms with Crippen LogP contribution in [0.15, 0.2) is 42.5 Å². The number of fused-ring (bicyclic) bond motifs is 1. The van der Waals surface area contributed by atoms with Gasteiger partial charge in [-0.1, -0.05) is 25.1 Å². The number of carbonyl (C=O) groups excluding carboxylic acids is 1. The number of para-hydroxylation sites is 2. The van der Waals surface area contributed by atoms with Crippen molar-refractivity contribution in [3.63, 3.8) is 0 Å². The Balaban J connectivity index is 1.85. The zero-order valence-corrected chi connectivity index (χ0v) is 16.3. The molecule has 0 unspecified atom stereocenters. The fourth-order valence-corrected chi connectivity index (χ4v) is 4.55. The molecule has 2 aromatic rings. The Morgan fingerprint density at radius 3 is 2.62 bits per heavy atom. The van der Waals surface area contributed by atoms with Crippen LogP contribution in [-0.4, -0.2) is 16.9 Å². The zero-order chi connectivity index (χ0) is 20.7. The molecule has 29 heavy (non-hydrogen) atoms. The Kier molecular flexibility index (Phi) is 4.71. The fraction of sp³-hybridized carbons (Fsp3) is 0.364. The Labute approximate surface area is 169 Å². The Morgan fingerprint density at radius 1 is 1.28 bits per heavy atom. The van der Waals surface area contributed by atoms with Gasteiger partial charge in [0, 0.05) is 30.6 Å². The molecule has 1 aliphatic carbocycles. The van der Waals surface area contributed by atoms with Gasteiger partial charge in [-0.3, -0.25) is 14.9 Å². The Hall–Kier alpha value is -3.40. The highest BCUT2D eigenvalue weighted by Crippen LogP contribution is 2.51. The number of nitrogens with one attached hydrogen (secondary N) is 1. The smallest absolute Gasteiger partial charge is 0.292 e. The molecule has 2 aromatic carbocycles. The first kappa shape index (κ1) is 18.9. The molecule has 1 amide bonds. The van der Waals surface area contributed by atoms with Crippen LogP contribution in [0.2, 0.25) is 0 Å². The van der Waals surface area contributed by atoms with Crippen molar-refractivity contribution in [2.45, 2.75) is 38.8 Å². The van der Waals surface area contributed by atoms with Crippen molar-refractivity contribution in [1.82, 2.24) is 0 Å². The van der Waals surface area contributed by atoms with Crippen molar-refractivity contribution in [3.8, 4) is 0 Å². The quantitative estimate of drug-likeness (QED) is 0.448. The van der Waals surface area contributed by atoms with Crippen LogP contribution >= 0.6 is 0 Å². The third-order valence-corrected chi connectivity index (χ3v) is 5.95. The first-order valence-electron chi connectivity index (χ1n) is 9.73. The van der Waals surface area contributed by atoms with Gasteiger partial charge in [0.2, 0.25) is 5.91 Å². The van der Waals surface area contributed by atoms with Crippen LogP contribution < -0.4 is 10.2 Å². The number of benzene rings is 2. The standard InChI is InChI=1S/C22H22N4O3/c1-13-21(24-18-6-4-5-7-20(18)26(28)29)17-12-16(23-3)10-11-19(17)25(14(2)27)22(13)15-8-9-15/h4-7,10-13,15,21-22,24H,8-9H2,1-2H3/t13-,21-,22-/m1/s1. The Morgan fingerprint density at radius 2 is 2.00 bits per heavy atom. The molecule has 1 fully saturated rings. The van der Waals surface area contributed by atoms with Crippen LogP contribution in [-0.2, 0) is 4.79 Å². The lowest BCUT2D eigenvalue weighted by Crippen LogP contribution is -2.51. The van der Waals surface area contributed by atoms with E-state index in [1.165, 1.54) is 6.07 Å². The second-order valence-corrected chi connectivity index (χ2v) is 7.83. The normalized spacial score (nSPS) is 23.1. The number of nitro groups is 1. The molecule has 1 N–H and O–H groups in total. The van der Waals surface area contributed by atoms with Gasteiger partial charge in [0.25, 0.3) is 5.69 Å². The highest BCUT2D eigenvalue weighted by Gasteiger charge is 2.47. The van der Waals surface area contributed by atoms with Gasteiger partial charge in [-0.25, -0.2) is 4.85 Å². The summed E-state index contributed by atoms with van der Waals surface area (Å²) in [5.74, 6) is 0.437. The summed E-state index contributed by atoms with van der Waals surface area (Å²) in [7, 11) is 0.